The molecule has 1 aromatic rings. The molecule has 1 aliphatic heterocycles. The molecule has 1 saturated heterocycles. The van der Waals surface area contributed by atoms with E-state index >= 15 is 0 Å². The molecule has 0 bridgehead atoms. The molecule has 0 aliphatic carbocycles. The Morgan fingerprint density at radius 1 is 1.37 bits per heavy atom. The summed E-state index contributed by atoms with van der Waals surface area (Å²) in [6.07, 6.45) is 1.29. The summed E-state index contributed by atoms with van der Waals surface area (Å²) in [5.74, 6) is -0.926. The van der Waals surface area contributed by atoms with E-state index in [4.69, 9.17) is 22.4 Å². The van der Waals surface area contributed by atoms with Crippen molar-refractivity contribution in [2.75, 3.05) is 18.0 Å². The van der Waals surface area contributed by atoms with Crippen LogP contribution in [-0.2, 0) is 4.79 Å². The minimum absolute atomic E-state index is 0.104. The third-order valence-corrected chi connectivity index (χ3v) is 3.44. The Labute approximate surface area is 115 Å². The van der Waals surface area contributed by atoms with Gasteiger partial charge in [-0.25, -0.2) is 9.78 Å². The van der Waals surface area contributed by atoms with Gasteiger partial charge in [0.05, 0.1) is 5.56 Å². The molecule has 0 atom stereocenters. The molecule has 2 rings (SSSR count). The number of carbonyl (C=O) groups excluding carboxylic acids is 1. The largest absolute Gasteiger partial charge is 0.478 e. The van der Waals surface area contributed by atoms with Crippen molar-refractivity contribution in [3.63, 3.8) is 0 Å². The van der Waals surface area contributed by atoms with Crippen molar-refractivity contribution >= 4 is 29.3 Å². The Balaban J connectivity index is 2.15. The number of carboxylic acid groups (broad SMARTS) is 1. The van der Waals surface area contributed by atoms with Crippen molar-refractivity contribution in [3.05, 3.63) is 22.8 Å². The molecule has 19 heavy (non-hydrogen) atoms. The van der Waals surface area contributed by atoms with E-state index in [1.807, 2.05) is 4.90 Å². The lowest BCUT2D eigenvalue weighted by molar-refractivity contribution is -0.122. The molecule has 0 radical (unpaired) electrons. The normalized spacial score (nSPS) is 16.4. The number of anilines is 1. The highest BCUT2D eigenvalue weighted by molar-refractivity contribution is 6.29. The van der Waals surface area contributed by atoms with Gasteiger partial charge in [0.1, 0.15) is 11.0 Å². The van der Waals surface area contributed by atoms with Gasteiger partial charge in [0.25, 0.3) is 0 Å². The van der Waals surface area contributed by atoms with Crippen molar-refractivity contribution in [1.29, 1.82) is 0 Å². The first-order valence-corrected chi connectivity index (χ1v) is 6.30. The van der Waals surface area contributed by atoms with E-state index in [9.17, 15) is 9.59 Å². The molecule has 6 nitrogen and oxygen atoms in total. The Kier molecular flexibility index (Phi) is 3.90. The fourth-order valence-corrected chi connectivity index (χ4v) is 2.37. The van der Waals surface area contributed by atoms with Crippen LogP contribution in [0.15, 0.2) is 12.1 Å². The molecule has 3 N–H and O–H groups in total. The number of nitrogens with two attached hydrogens (primary N) is 1. The van der Waals surface area contributed by atoms with Gasteiger partial charge in [-0.15, -0.1) is 0 Å². The number of amides is 1. The molecular weight excluding hydrogens is 270 g/mol. The lowest BCUT2D eigenvalue weighted by Crippen LogP contribution is -2.39. The number of pyridine rings is 1. The number of halogens is 1. The lowest BCUT2D eigenvalue weighted by Gasteiger charge is -2.31. The summed E-state index contributed by atoms with van der Waals surface area (Å²) < 4.78 is 0. The van der Waals surface area contributed by atoms with E-state index in [0.29, 0.717) is 31.7 Å². The van der Waals surface area contributed by atoms with Crippen LogP contribution in [0.3, 0.4) is 0 Å². The second-order valence-electron chi connectivity index (χ2n) is 4.51. The van der Waals surface area contributed by atoms with Gasteiger partial charge in [0.2, 0.25) is 5.91 Å². The van der Waals surface area contributed by atoms with Crippen molar-refractivity contribution in [2.24, 2.45) is 11.7 Å². The molecule has 7 heteroatoms. The van der Waals surface area contributed by atoms with Gasteiger partial charge in [-0.2, -0.15) is 0 Å². The average Bonchev–Trinajstić information content (AvgIpc) is 2.38. The zero-order valence-corrected chi connectivity index (χ0v) is 10.9. The van der Waals surface area contributed by atoms with Crippen LogP contribution in [0.2, 0.25) is 5.15 Å². The number of aromatic carboxylic acids is 1. The number of nitrogens with zero attached hydrogens (tertiary/aromatic N) is 2. The topological polar surface area (TPSA) is 96.5 Å². The van der Waals surface area contributed by atoms with Crippen molar-refractivity contribution in [2.45, 2.75) is 12.8 Å². The SMILES string of the molecule is NC(=O)C1CCN(c2cc(C(=O)O)cc(Cl)n2)CC1. The molecule has 2 heterocycles. The summed E-state index contributed by atoms with van der Waals surface area (Å²) in [5, 5.41) is 9.13. The Morgan fingerprint density at radius 2 is 2.00 bits per heavy atom. The highest BCUT2D eigenvalue weighted by atomic mass is 35.5. The first kappa shape index (κ1) is 13.6. The van der Waals surface area contributed by atoms with Crippen molar-refractivity contribution < 1.29 is 14.7 Å². The molecular formula is C12H14ClN3O3. The van der Waals surface area contributed by atoms with E-state index in [2.05, 4.69) is 4.98 Å². The highest BCUT2D eigenvalue weighted by Crippen LogP contribution is 2.24. The summed E-state index contributed by atoms with van der Waals surface area (Å²) >= 11 is 5.82. The van der Waals surface area contributed by atoms with Gasteiger partial charge in [-0.3, -0.25) is 4.79 Å². The molecule has 0 saturated carbocycles. The second-order valence-corrected chi connectivity index (χ2v) is 4.89. The van der Waals surface area contributed by atoms with Gasteiger partial charge in [-0.05, 0) is 25.0 Å². The van der Waals surface area contributed by atoms with E-state index in [-0.39, 0.29) is 22.5 Å². The molecule has 1 aliphatic rings. The number of piperidine rings is 1. The summed E-state index contributed by atoms with van der Waals surface area (Å²) in [6.45, 7) is 1.22. The van der Waals surface area contributed by atoms with Gasteiger partial charge in [0.15, 0.2) is 0 Å². The van der Waals surface area contributed by atoms with Crippen LogP contribution in [0.4, 0.5) is 5.82 Å². The van der Waals surface area contributed by atoms with Gasteiger partial charge < -0.3 is 15.7 Å². The van der Waals surface area contributed by atoms with Crippen LogP contribution in [0.5, 0.6) is 0 Å². The number of aromatic nitrogens is 1. The number of carbonyl (C=O) groups is 2. The molecule has 1 aromatic heterocycles. The van der Waals surface area contributed by atoms with E-state index in [0.717, 1.165) is 0 Å². The predicted molar refractivity (Wildman–Crippen MR) is 70.3 cm³/mol. The van der Waals surface area contributed by atoms with E-state index < -0.39 is 5.97 Å². The number of hydrogen-bond donors (Lipinski definition) is 2. The van der Waals surface area contributed by atoms with Crippen LogP contribution in [-0.4, -0.2) is 35.1 Å². The number of hydrogen-bond acceptors (Lipinski definition) is 4. The minimum Gasteiger partial charge on any atom is -0.478 e. The monoisotopic (exact) mass is 283 g/mol. The maximum absolute atomic E-state index is 11.1. The smallest absolute Gasteiger partial charge is 0.335 e. The molecule has 0 spiro atoms. The van der Waals surface area contributed by atoms with Gasteiger partial charge in [0, 0.05) is 19.0 Å². The van der Waals surface area contributed by atoms with Crippen LogP contribution in [0.25, 0.3) is 0 Å². The van der Waals surface area contributed by atoms with Crippen LogP contribution in [0.1, 0.15) is 23.2 Å². The number of rotatable bonds is 3. The van der Waals surface area contributed by atoms with E-state index in [1.165, 1.54) is 12.1 Å². The standard InChI is InChI=1S/C12H14ClN3O3/c13-9-5-8(12(18)19)6-10(15-9)16-3-1-7(2-4-16)11(14)17/h5-7H,1-4H2,(H2,14,17)(H,18,19). The predicted octanol–water partition coefficient (Wildman–Crippen LogP) is 1.13. The molecule has 1 fully saturated rings. The molecule has 0 aromatic carbocycles. The molecule has 102 valence electrons. The maximum atomic E-state index is 11.1. The van der Waals surface area contributed by atoms with Crippen LogP contribution < -0.4 is 10.6 Å². The summed E-state index contributed by atoms with van der Waals surface area (Å²) in [5.41, 5.74) is 5.37. The molecule has 1 amide bonds. The zero-order chi connectivity index (χ0) is 14.0. The number of primary amides is 1. The summed E-state index contributed by atoms with van der Waals surface area (Å²) in [6, 6.07) is 2.79. The zero-order valence-electron chi connectivity index (χ0n) is 10.2. The lowest BCUT2D eigenvalue weighted by atomic mass is 9.96. The Hall–Kier alpha value is -1.82. The van der Waals surface area contributed by atoms with Crippen molar-refractivity contribution in [3.8, 4) is 0 Å². The summed E-state index contributed by atoms with van der Waals surface area (Å²) in [7, 11) is 0. The quantitative estimate of drug-likeness (QED) is 0.811. The fourth-order valence-electron chi connectivity index (χ4n) is 2.16. The van der Waals surface area contributed by atoms with Crippen molar-refractivity contribution in [1.82, 2.24) is 4.98 Å². The highest BCUT2D eigenvalue weighted by Gasteiger charge is 2.24. The third kappa shape index (κ3) is 3.14. The second kappa shape index (κ2) is 5.44. The molecule has 0 unspecified atom stereocenters. The minimum atomic E-state index is -1.04. The van der Waals surface area contributed by atoms with Crippen LogP contribution in [0, 0.1) is 5.92 Å². The van der Waals surface area contributed by atoms with Crippen LogP contribution >= 0.6 is 11.6 Å². The van der Waals surface area contributed by atoms with Gasteiger partial charge in [-0.1, -0.05) is 11.6 Å². The first-order chi connectivity index (χ1) is 8.97. The third-order valence-electron chi connectivity index (χ3n) is 3.25. The summed E-state index contributed by atoms with van der Waals surface area (Å²) in [4.78, 5) is 28.1. The first-order valence-electron chi connectivity index (χ1n) is 5.92. The Bertz CT molecular complexity index is 513. The number of carboxylic acids is 1. The average molecular weight is 284 g/mol. The maximum Gasteiger partial charge on any atom is 0.335 e. The fraction of sp³-hybridized carbons (Fsp3) is 0.417. The Morgan fingerprint density at radius 3 is 2.53 bits per heavy atom. The van der Waals surface area contributed by atoms with Gasteiger partial charge >= 0.3 is 5.97 Å². The van der Waals surface area contributed by atoms with E-state index in [1.54, 1.807) is 0 Å².